The number of thiocarbonyl (C=S) groups is 1. The minimum absolute atomic E-state index is 0.172. The Morgan fingerprint density at radius 2 is 2.12 bits per heavy atom. The van der Waals surface area contributed by atoms with E-state index in [2.05, 4.69) is 10.1 Å². The van der Waals surface area contributed by atoms with Crippen LogP contribution in [0.4, 0.5) is 10.5 Å². The Bertz CT molecular complexity index is 421. The van der Waals surface area contributed by atoms with Gasteiger partial charge in [0.05, 0.1) is 19.9 Å². The molecule has 0 heterocycles. The van der Waals surface area contributed by atoms with Gasteiger partial charge in [-0.05, 0) is 12.1 Å². The standard InChI is InChI=1S/C10H12N2O3S/c1-14-7-5-3-4-6(9(11)16)8(7)12-10(13)15-2/h3-5H,1-2H3,(H2,11,16)(H,12,13). The van der Waals surface area contributed by atoms with Gasteiger partial charge in [0.25, 0.3) is 0 Å². The Kier molecular flexibility index (Phi) is 4.07. The van der Waals surface area contributed by atoms with Gasteiger partial charge in [-0.15, -0.1) is 0 Å². The molecule has 1 rings (SSSR count). The molecule has 0 aliphatic carbocycles. The van der Waals surface area contributed by atoms with E-state index in [0.717, 1.165) is 0 Å². The van der Waals surface area contributed by atoms with Crippen LogP contribution in [-0.2, 0) is 4.74 Å². The lowest BCUT2D eigenvalue weighted by Crippen LogP contribution is -2.18. The quantitative estimate of drug-likeness (QED) is 0.783. The number of nitrogens with one attached hydrogen (secondary N) is 1. The van der Waals surface area contributed by atoms with Crippen molar-refractivity contribution in [2.75, 3.05) is 19.5 Å². The van der Waals surface area contributed by atoms with Crippen molar-refractivity contribution in [3.8, 4) is 5.75 Å². The Labute approximate surface area is 98.5 Å². The molecule has 0 radical (unpaired) electrons. The molecule has 0 aromatic heterocycles. The summed E-state index contributed by atoms with van der Waals surface area (Å²) in [6.45, 7) is 0. The zero-order valence-electron chi connectivity index (χ0n) is 8.94. The van der Waals surface area contributed by atoms with Gasteiger partial charge >= 0.3 is 6.09 Å². The van der Waals surface area contributed by atoms with Crippen molar-refractivity contribution in [2.24, 2.45) is 5.73 Å². The van der Waals surface area contributed by atoms with Gasteiger partial charge in [0.1, 0.15) is 10.7 Å². The number of benzene rings is 1. The first-order chi connectivity index (χ1) is 7.60. The summed E-state index contributed by atoms with van der Waals surface area (Å²) in [6, 6.07) is 5.11. The maximum Gasteiger partial charge on any atom is 0.411 e. The smallest absolute Gasteiger partial charge is 0.411 e. The summed E-state index contributed by atoms with van der Waals surface area (Å²) in [5.41, 5.74) is 6.47. The minimum Gasteiger partial charge on any atom is -0.495 e. The second-order valence-electron chi connectivity index (χ2n) is 2.86. The van der Waals surface area contributed by atoms with Gasteiger partial charge in [-0.3, -0.25) is 5.32 Å². The third kappa shape index (κ3) is 2.60. The lowest BCUT2D eigenvalue weighted by molar-refractivity contribution is 0.187. The Morgan fingerprint density at radius 1 is 1.44 bits per heavy atom. The number of anilines is 1. The first-order valence-electron chi connectivity index (χ1n) is 4.42. The van der Waals surface area contributed by atoms with E-state index < -0.39 is 6.09 Å². The third-order valence-corrected chi connectivity index (χ3v) is 2.14. The molecular weight excluding hydrogens is 228 g/mol. The largest absolute Gasteiger partial charge is 0.495 e. The summed E-state index contributed by atoms with van der Waals surface area (Å²) in [5, 5.41) is 2.51. The molecule has 5 nitrogen and oxygen atoms in total. The topological polar surface area (TPSA) is 73.6 Å². The molecule has 0 unspecified atom stereocenters. The van der Waals surface area contributed by atoms with Crippen molar-refractivity contribution in [2.45, 2.75) is 0 Å². The van der Waals surface area contributed by atoms with Crippen LogP contribution in [0.15, 0.2) is 18.2 Å². The molecule has 0 fully saturated rings. The highest BCUT2D eigenvalue weighted by atomic mass is 32.1. The van der Waals surface area contributed by atoms with Crippen LogP contribution in [0.5, 0.6) is 5.75 Å². The Morgan fingerprint density at radius 3 is 2.62 bits per heavy atom. The van der Waals surface area contributed by atoms with Crippen molar-refractivity contribution in [3.63, 3.8) is 0 Å². The average Bonchev–Trinajstić information content (AvgIpc) is 2.28. The van der Waals surface area contributed by atoms with E-state index in [0.29, 0.717) is 17.0 Å². The molecule has 16 heavy (non-hydrogen) atoms. The number of methoxy groups -OCH3 is 2. The minimum atomic E-state index is -0.609. The van der Waals surface area contributed by atoms with E-state index in [1.54, 1.807) is 18.2 Å². The number of amides is 1. The van der Waals surface area contributed by atoms with E-state index in [-0.39, 0.29) is 4.99 Å². The van der Waals surface area contributed by atoms with Crippen molar-refractivity contribution >= 4 is 29.0 Å². The molecule has 0 atom stereocenters. The molecule has 0 aliphatic rings. The normalized spacial score (nSPS) is 9.38. The van der Waals surface area contributed by atoms with Crippen molar-refractivity contribution in [1.29, 1.82) is 0 Å². The summed E-state index contributed by atoms with van der Waals surface area (Å²) in [7, 11) is 2.76. The Hall–Kier alpha value is -1.82. The van der Waals surface area contributed by atoms with Crippen LogP contribution in [0.2, 0.25) is 0 Å². The average molecular weight is 240 g/mol. The fourth-order valence-electron chi connectivity index (χ4n) is 1.19. The fourth-order valence-corrected chi connectivity index (χ4v) is 1.36. The maximum absolute atomic E-state index is 11.2. The number of rotatable bonds is 3. The molecule has 0 saturated heterocycles. The highest BCUT2D eigenvalue weighted by Gasteiger charge is 2.13. The zero-order valence-corrected chi connectivity index (χ0v) is 9.76. The first-order valence-corrected chi connectivity index (χ1v) is 4.82. The predicted octanol–water partition coefficient (Wildman–Crippen LogP) is 1.51. The molecular formula is C10H12N2O3S. The van der Waals surface area contributed by atoms with E-state index in [1.807, 2.05) is 0 Å². The fraction of sp³-hybridized carbons (Fsp3) is 0.200. The number of carbonyl (C=O) groups is 1. The van der Waals surface area contributed by atoms with Gasteiger partial charge in [0.2, 0.25) is 0 Å². The summed E-state index contributed by atoms with van der Waals surface area (Å²) in [6.07, 6.45) is -0.609. The highest BCUT2D eigenvalue weighted by molar-refractivity contribution is 7.80. The van der Waals surface area contributed by atoms with Gasteiger partial charge in [-0.2, -0.15) is 0 Å². The van der Waals surface area contributed by atoms with Crippen molar-refractivity contribution < 1.29 is 14.3 Å². The summed E-state index contributed by atoms with van der Waals surface area (Å²) < 4.78 is 9.59. The molecule has 3 N–H and O–H groups in total. The van der Waals surface area contributed by atoms with Crippen LogP contribution in [0, 0.1) is 0 Å². The number of ether oxygens (including phenoxy) is 2. The number of para-hydroxylation sites is 1. The number of nitrogens with two attached hydrogens (primary N) is 1. The highest BCUT2D eigenvalue weighted by Crippen LogP contribution is 2.28. The van der Waals surface area contributed by atoms with E-state index in [9.17, 15) is 4.79 Å². The summed E-state index contributed by atoms with van der Waals surface area (Å²) >= 11 is 4.88. The van der Waals surface area contributed by atoms with E-state index >= 15 is 0 Å². The van der Waals surface area contributed by atoms with Crippen LogP contribution >= 0.6 is 12.2 Å². The lowest BCUT2D eigenvalue weighted by atomic mass is 10.1. The van der Waals surface area contributed by atoms with Crippen LogP contribution in [-0.4, -0.2) is 25.3 Å². The Balaban J connectivity index is 3.19. The van der Waals surface area contributed by atoms with Crippen molar-refractivity contribution in [1.82, 2.24) is 0 Å². The van der Waals surface area contributed by atoms with Gasteiger partial charge < -0.3 is 15.2 Å². The zero-order chi connectivity index (χ0) is 12.1. The number of hydrogen-bond acceptors (Lipinski definition) is 4. The van der Waals surface area contributed by atoms with Crippen LogP contribution < -0.4 is 15.8 Å². The predicted molar refractivity (Wildman–Crippen MR) is 64.9 cm³/mol. The second-order valence-corrected chi connectivity index (χ2v) is 3.30. The summed E-state index contributed by atoms with van der Waals surface area (Å²) in [5.74, 6) is 0.468. The SMILES string of the molecule is COC(=O)Nc1c(OC)cccc1C(N)=S. The second kappa shape index (κ2) is 5.32. The number of carbonyl (C=O) groups excluding carboxylic acids is 1. The van der Waals surface area contributed by atoms with Crippen molar-refractivity contribution in [3.05, 3.63) is 23.8 Å². The van der Waals surface area contributed by atoms with Crippen LogP contribution in [0.3, 0.4) is 0 Å². The third-order valence-electron chi connectivity index (χ3n) is 1.92. The van der Waals surface area contributed by atoms with Gasteiger partial charge in [0.15, 0.2) is 0 Å². The van der Waals surface area contributed by atoms with E-state index in [4.69, 9.17) is 22.7 Å². The van der Waals surface area contributed by atoms with Crippen LogP contribution in [0.1, 0.15) is 5.56 Å². The molecule has 0 spiro atoms. The molecule has 0 bridgehead atoms. The monoisotopic (exact) mass is 240 g/mol. The molecule has 0 saturated carbocycles. The first kappa shape index (κ1) is 12.3. The molecule has 6 heteroatoms. The molecule has 1 amide bonds. The lowest BCUT2D eigenvalue weighted by Gasteiger charge is -2.13. The number of hydrogen-bond donors (Lipinski definition) is 2. The van der Waals surface area contributed by atoms with Gasteiger partial charge in [-0.25, -0.2) is 4.79 Å². The molecule has 86 valence electrons. The van der Waals surface area contributed by atoms with E-state index in [1.165, 1.54) is 14.2 Å². The summed E-state index contributed by atoms with van der Waals surface area (Å²) in [4.78, 5) is 11.3. The van der Waals surface area contributed by atoms with Gasteiger partial charge in [-0.1, -0.05) is 18.3 Å². The molecule has 0 aliphatic heterocycles. The molecule has 1 aromatic rings. The van der Waals surface area contributed by atoms with Crippen LogP contribution in [0.25, 0.3) is 0 Å². The molecule has 1 aromatic carbocycles. The maximum atomic E-state index is 11.2. The van der Waals surface area contributed by atoms with Gasteiger partial charge in [0, 0.05) is 5.56 Å².